The fourth-order valence-corrected chi connectivity index (χ4v) is 7.22. The van der Waals surface area contributed by atoms with Crippen molar-refractivity contribution in [3.05, 3.63) is 62.9 Å². The summed E-state index contributed by atoms with van der Waals surface area (Å²) in [5.74, 6) is 3.25. The lowest BCUT2D eigenvalue weighted by molar-refractivity contribution is -0.00615. The fourth-order valence-electron chi connectivity index (χ4n) is 6.76. The van der Waals surface area contributed by atoms with E-state index in [9.17, 15) is 9.90 Å². The van der Waals surface area contributed by atoms with Gasteiger partial charge in [-0.3, -0.25) is 0 Å². The molecule has 1 N–H and O–H groups in total. The number of benzene rings is 2. The molecular weight excluding hydrogens is 515 g/mol. The number of carbonyl (C=O) groups is 1. The molecule has 0 aromatic heterocycles. The van der Waals surface area contributed by atoms with Crippen LogP contribution in [0.15, 0.2) is 42.7 Å². The second kappa shape index (κ2) is 8.40. The summed E-state index contributed by atoms with van der Waals surface area (Å²) >= 11 is 2.15. The first-order valence-electron chi connectivity index (χ1n) is 11.4. The summed E-state index contributed by atoms with van der Waals surface area (Å²) in [6, 6.07) is 11.5. The molecule has 5 heteroatoms. The molecule has 0 spiro atoms. The quantitative estimate of drug-likeness (QED) is 0.318. The molecule has 168 valence electrons. The van der Waals surface area contributed by atoms with Gasteiger partial charge in [-0.2, -0.15) is 0 Å². The minimum Gasteiger partial charge on any atom is -0.496 e. The van der Waals surface area contributed by atoms with Crippen molar-refractivity contribution < 1.29 is 19.4 Å². The standard InChI is InChI=1S/C27H29IO4/c1-16(15-32-25-11-21(26(29)30)4-6-23(25)28)20-3-5-22(24(10-20)31-2)27-12-17-7-18(13-27)9-19(8-17)14-27/h3-6,10-11,15,17-19H,7-9,12-14H2,1-2H3,(H,29,30). The van der Waals surface area contributed by atoms with Crippen LogP contribution >= 0.6 is 22.6 Å². The minimum absolute atomic E-state index is 0.216. The van der Waals surface area contributed by atoms with Gasteiger partial charge >= 0.3 is 5.97 Å². The van der Waals surface area contributed by atoms with Crippen LogP contribution in [0.3, 0.4) is 0 Å². The van der Waals surface area contributed by atoms with Crippen LogP contribution in [0, 0.1) is 21.3 Å². The van der Waals surface area contributed by atoms with Crippen LogP contribution in [0.4, 0.5) is 0 Å². The Morgan fingerprint density at radius 2 is 1.59 bits per heavy atom. The van der Waals surface area contributed by atoms with E-state index < -0.39 is 5.97 Å². The summed E-state index contributed by atoms with van der Waals surface area (Å²) in [7, 11) is 1.78. The van der Waals surface area contributed by atoms with Crippen LogP contribution in [0.5, 0.6) is 11.5 Å². The summed E-state index contributed by atoms with van der Waals surface area (Å²) in [4.78, 5) is 11.3. The van der Waals surface area contributed by atoms with Crippen molar-refractivity contribution in [3.8, 4) is 11.5 Å². The highest BCUT2D eigenvalue weighted by atomic mass is 127. The van der Waals surface area contributed by atoms with Crippen molar-refractivity contribution in [2.75, 3.05) is 7.11 Å². The van der Waals surface area contributed by atoms with Crippen LogP contribution in [-0.2, 0) is 5.41 Å². The predicted octanol–water partition coefficient (Wildman–Crippen LogP) is 6.91. The molecule has 0 heterocycles. The number of carboxylic acid groups (broad SMARTS) is 1. The zero-order valence-corrected chi connectivity index (χ0v) is 20.7. The number of aromatic carboxylic acids is 1. The van der Waals surface area contributed by atoms with Crippen LogP contribution in [0.2, 0.25) is 0 Å². The maximum absolute atomic E-state index is 11.3. The second-order valence-electron chi connectivity index (χ2n) is 9.98. The molecule has 0 amide bonds. The van der Waals surface area contributed by atoms with E-state index in [4.69, 9.17) is 9.47 Å². The van der Waals surface area contributed by atoms with Crippen LogP contribution in [0.1, 0.15) is 66.9 Å². The Balaban J connectivity index is 1.41. The lowest BCUT2D eigenvalue weighted by atomic mass is 9.48. The number of allylic oxidation sites excluding steroid dienone is 1. The van der Waals surface area contributed by atoms with Crippen LogP contribution in [-0.4, -0.2) is 18.2 Å². The van der Waals surface area contributed by atoms with E-state index in [1.54, 1.807) is 31.6 Å². The molecule has 0 aliphatic heterocycles. The third kappa shape index (κ3) is 3.93. The fraction of sp³-hybridized carbons (Fsp3) is 0.444. The van der Waals surface area contributed by atoms with Gasteiger partial charge in [-0.05, 0) is 127 Å². The lowest BCUT2D eigenvalue weighted by Crippen LogP contribution is -2.48. The van der Waals surface area contributed by atoms with Gasteiger partial charge in [0.15, 0.2) is 0 Å². The third-order valence-corrected chi connectivity index (χ3v) is 8.70. The highest BCUT2D eigenvalue weighted by molar-refractivity contribution is 14.1. The van der Waals surface area contributed by atoms with Crippen LogP contribution in [0.25, 0.3) is 5.57 Å². The normalized spacial score (nSPS) is 28.6. The Hall–Kier alpha value is -2.02. The molecule has 0 radical (unpaired) electrons. The van der Waals surface area contributed by atoms with Gasteiger partial charge in [0.1, 0.15) is 11.5 Å². The first-order valence-corrected chi connectivity index (χ1v) is 12.5. The highest BCUT2D eigenvalue weighted by Gasteiger charge is 2.52. The maximum atomic E-state index is 11.3. The van der Waals surface area contributed by atoms with Crippen molar-refractivity contribution in [3.63, 3.8) is 0 Å². The summed E-state index contributed by atoms with van der Waals surface area (Å²) in [6.07, 6.45) is 9.92. The number of hydrogen-bond acceptors (Lipinski definition) is 3. The molecule has 4 bridgehead atoms. The zero-order valence-electron chi connectivity index (χ0n) is 18.6. The molecule has 32 heavy (non-hydrogen) atoms. The monoisotopic (exact) mass is 544 g/mol. The number of carboxylic acids is 1. The average molecular weight is 544 g/mol. The molecule has 4 fully saturated rings. The van der Waals surface area contributed by atoms with Gasteiger partial charge < -0.3 is 14.6 Å². The summed E-state index contributed by atoms with van der Waals surface area (Å²) in [6.45, 7) is 2.01. The largest absolute Gasteiger partial charge is 0.496 e. The molecule has 4 saturated carbocycles. The van der Waals surface area contributed by atoms with E-state index in [0.29, 0.717) is 11.2 Å². The maximum Gasteiger partial charge on any atom is 0.335 e. The molecule has 2 aromatic carbocycles. The van der Waals surface area contributed by atoms with Gasteiger partial charge in [-0.25, -0.2) is 4.79 Å². The first-order chi connectivity index (χ1) is 15.4. The van der Waals surface area contributed by atoms with E-state index in [2.05, 4.69) is 40.8 Å². The number of methoxy groups -OCH3 is 1. The van der Waals surface area contributed by atoms with Gasteiger partial charge in [0.05, 0.1) is 22.5 Å². The molecule has 4 aliphatic rings. The Bertz CT molecular complexity index is 1050. The number of halogens is 1. The molecule has 6 rings (SSSR count). The van der Waals surface area contributed by atoms with Crippen LogP contribution < -0.4 is 9.47 Å². The third-order valence-electron chi connectivity index (χ3n) is 7.81. The average Bonchev–Trinajstić information content (AvgIpc) is 2.76. The van der Waals surface area contributed by atoms with Crippen molar-refractivity contribution in [1.29, 1.82) is 0 Å². The summed E-state index contributed by atoms with van der Waals surface area (Å²) < 4.78 is 12.7. The van der Waals surface area contributed by atoms with Crippen molar-refractivity contribution in [2.24, 2.45) is 17.8 Å². The van der Waals surface area contributed by atoms with E-state index in [-0.39, 0.29) is 5.56 Å². The predicted molar refractivity (Wildman–Crippen MR) is 133 cm³/mol. The highest BCUT2D eigenvalue weighted by Crippen LogP contribution is 2.61. The molecule has 4 nitrogen and oxygen atoms in total. The topological polar surface area (TPSA) is 55.8 Å². The zero-order chi connectivity index (χ0) is 22.5. The van der Waals surface area contributed by atoms with E-state index >= 15 is 0 Å². The smallest absolute Gasteiger partial charge is 0.335 e. The minimum atomic E-state index is -0.961. The summed E-state index contributed by atoms with van der Waals surface area (Å²) in [5, 5.41) is 9.24. The molecule has 2 aromatic rings. The Morgan fingerprint density at radius 3 is 2.19 bits per heavy atom. The van der Waals surface area contributed by atoms with Gasteiger partial charge in [-0.15, -0.1) is 0 Å². The Morgan fingerprint density at radius 1 is 1.00 bits per heavy atom. The van der Waals surface area contributed by atoms with Gasteiger partial charge in [0.2, 0.25) is 0 Å². The van der Waals surface area contributed by atoms with Gasteiger partial charge in [0.25, 0.3) is 0 Å². The SMILES string of the molecule is COc1cc(C(C)=COc2cc(C(=O)O)ccc2I)ccc1C12CC3CC(CC(C3)C1)C2. The number of ether oxygens (including phenoxy) is 2. The van der Waals surface area contributed by atoms with E-state index in [1.807, 2.05) is 6.92 Å². The Kier molecular flexibility index (Phi) is 5.72. The number of hydrogen-bond donors (Lipinski definition) is 1. The van der Waals surface area contributed by atoms with Gasteiger partial charge in [0, 0.05) is 5.56 Å². The van der Waals surface area contributed by atoms with E-state index in [1.165, 1.54) is 44.1 Å². The van der Waals surface area contributed by atoms with E-state index in [0.717, 1.165) is 38.2 Å². The molecule has 0 saturated heterocycles. The molecule has 0 atom stereocenters. The molecule has 4 aliphatic carbocycles. The molecule has 0 unspecified atom stereocenters. The Labute approximate surface area is 203 Å². The van der Waals surface area contributed by atoms with Crippen molar-refractivity contribution in [2.45, 2.75) is 50.9 Å². The van der Waals surface area contributed by atoms with Crippen molar-refractivity contribution in [1.82, 2.24) is 0 Å². The van der Waals surface area contributed by atoms with Crippen molar-refractivity contribution >= 4 is 34.1 Å². The molecular formula is C27H29IO4. The number of rotatable bonds is 6. The van der Waals surface area contributed by atoms with Gasteiger partial charge in [-0.1, -0.05) is 12.1 Å². The summed E-state index contributed by atoms with van der Waals surface area (Å²) in [5.41, 5.74) is 3.92. The second-order valence-corrected chi connectivity index (χ2v) is 11.1. The lowest BCUT2D eigenvalue weighted by Gasteiger charge is -2.57. The first kappa shape index (κ1) is 21.8.